The third-order valence-electron chi connectivity index (χ3n) is 7.75. The summed E-state index contributed by atoms with van der Waals surface area (Å²) in [6, 6.07) is 5.67. The van der Waals surface area contributed by atoms with Gasteiger partial charge in [-0.25, -0.2) is 4.98 Å². The molecule has 212 valence electrons. The minimum Gasteiger partial charge on any atom is -0.380 e. The monoisotopic (exact) mass is 557 g/mol. The molecule has 3 aliphatic heterocycles. The maximum absolute atomic E-state index is 13.4. The van der Waals surface area contributed by atoms with Gasteiger partial charge in [0.2, 0.25) is 0 Å². The van der Waals surface area contributed by atoms with Gasteiger partial charge in [-0.15, -0.1) is 11.3 Å². The number of carbonyl (C=O) groups excluding carboxylic acids is 2. The zero-order valence-electron chi connectivity index (χ0n) is 23.0. The van der Waals surface area contributed by atoms with Crippen molar-refractivity contribution in [2.75, 3.05) is 63.3 Å². The molecule has 4 heterocycles. The van der Waals surface area contributed by atoms with Gasteiger partial charge >= 0.3 is 0 Å². The Morgan fingerprint density at radius 1 is 1.21 bits per heavy atom. The summed E-state index contributed by atoms with van der Waals surface area (Å²) < 4.78 is 16.8. The molecule has 0 radical (unpaired) electrons. The Labute approximate surface area is 234 Å². The molecule has 2 atom stereocenters. The topological polar surface area (TPSA) is 105 Å². The van der Waals surface area contributed by atoms with Gasteiger partial charge in [0.05, 0.1) is 36.7 Å². The van der Waals surface area contributed by atoms with E-state index in [-0.39, 0.29) is 29.6 Å². The number of nitrogens with one attached hydrogen (secondary N) is 2. The molecule has 1 aromatic carbocycles. The Balaban J connectivity index is 1.32. The van der Waals surface area contributed by atoms with Crippen molar-refractivity contribution in [3.8, 4) is 0 Å². The van der Waals surface area contributed by atoms with E-state index in [1.165, 1.54) is 11.3 Å². The number of ether oxygens (including phenoxy) is 3. The van der Waals surface area contributed by atoms with Gasteiger partial charge < -0.3 is 29.7 Å². The van der Waals surface area contributed by atoms with Crippen LogP contribution in [0.25, 0.3) is 0 Å². The van der Waals surface area contributed by atoms with Crippen LogP contribution >= 0.6 is 11.3 Å². The fraction of sp³-hybridized carbons (Fsp3) is 0.607. The molecule has 0 saturated carbocycles. The Kier molecular flexibility index (Phi) is 8.82. The van der Waals surface area contributed by atoms with Gasteiger partial charge in [0.1, 0.15) is 5.69 Å². The number of carbonyl (C=O) groups is 2. The summed E-state index contributed by atoms with van der Waals surface area (Å²) in [5.74, 6) is -0.569. The predicted molar refractivity (Wildman–Crippen MR) is 151 cm³/mol. The largest absolute Gasteiger partial charge is 0.380 e. The minimum atomic E-state index is -0.338. The summed E-state index contributed by atoms with van der Waals surface area (Å²) >= 11 is 1.44. The smallest absolute Gasteiger partial charge is 0.275 e. The second kappa shape index (κ2) is 12.3. The summed E-state index contributed by atoms with van der Waals surface area (Å²) in [7, 11) is 1.72. The van der Waals surface area contributed by atoms with Crippen LogP contribution in [-0.2, 0) is 20.8 Å². The number of rotatable bonds is 9. The molecular formula is C28H39N5O5S. The van der Waals surface area contributed by atoms with E-state index in [1.54, 1.807) is 12.5 Å². The van der Waals surface area contributed by atoms with Crippen LogP contribution in [0.1, 0.15) is 59.5 Å². The first-order chi connectivity index (χ1) is 18.8. The van der Waals surface area contributed by atoms with Crippen molar-refractivity contribution in [3.63, 3.8) is 0 Å². The Morgan fingerprint density at radius 3 is 2.82 bits per heavy atom. The van der Waals surface area contributed by atoms with E-state index in [2.05, 4.69) is 39.3 Å². The number of nitrogens with zero attached hydrogens (tertiary/aromatic N) is 3. The van der Waals surface area contributed by atoms with Gasteiger partial charge in [0, 0.05) is 57.4 Å². The quantitative estimate of drug-likeness (QED) is 0.485. The third kappa shape index (κ3) is 6.78. The molecule has 10 nitrogen and oxygen atoms in total. The zero-order valence-corrected chi connectivity index (χ0v) is 23.8. The zero-order chi connectivity index (χ0) is 27.4. The van der Waals surface area contributed by atoms with Gasteiger partial charge in [0.15, 0.2) is 5.13 Å². The highest BCUT2D eigenvalue weighted by Crippen LogP contribution is 2.28. The number of thiazole rings is 1. The molecule has 0 unspecified atom stereocenters. The molecule has 1 aromatic heterocycles. The molecule has 2 aromatic rings. The summed E-state index contributed by atoms with van der Waals surface area (Å²) in [4.78, 5) is 35.6. The van der Waals surface area contributed by atoms with E-state index in [0.29, 0.717) is 43.2 Å². The van der Waals surface area contributed by atoms with Crippen LogP contribution in [0, 0.1) is 0 Å². The molecule has 3 aliphatic rings. The molecule has 2 amide bonds. The number of morpholine rings is 1. The van der Waals surface area contributed by atoms with Crippen molar-refractivity contribution in [2.45, 2.75) is 57.4 Å². The van der Waals surface area contributed by atoms with Gasteiger partial charge in [-0.05, 0) is 50.8 Å². The first-order valence-electron chi connectivity index (χ1n) is 13.7. The Bertz CT molecular complexity index is 1160. The standard InChI is InChI=1S/C28H39N5O5S/c1-28(2)18-37-12-10-33(28)15-19-6-7-23(22(13-19)25(34)29-14-20-5-4-11-38-20)30-26(35)24-17-39-27(31-24)32-9-8-21(16-32)36-3/h6-7,13,17,20-21H,4-5,8-12,14-16,18H2,1-3H3,(H,29,34)(H,30,35)/t20-,21+/m1/s1. The molecule has 0 spiro atoms. The lowest BCUT2D eigenvalue weighted by Crippen LogP contribution is -2.52. The number of benzene rings is 1. The molecule has 5 rings (SSSR count). The van der Waals surface area contributed by atoms with E-state index in [0.717, 1.165) is 56.2 Å². The van der Waals surface area contributed by atoms with Gasteiger partial charge in [0.25, 0.3) is 11.8 Å². The lowest BCUT2D eigenvalue weighted by Gasteiger charge is -2.42. The number of methoxy groups -OCH3 is 1. The van der Waals surface area contributed by atoms with Crippen LogP contribution in [0.3, 0.4) is 0 Å². The molecule has 11 heteroatoms. The van der Waals surface area contributed by atoms with Gasteiger partial charge in [-0.3, -0.25) is 14.5 Å². The SMILES string of the molecule is CO[C@H]1CCN(c2nc(C(=O)Nc3ccc(CN4CCOCC4(C)C)cc3C(=O)NC[C@H]3CCCO3)cs2)C1. The second-order valence-electron chi connectivity index (χ2n) is 11.1. The van der Waals surface area contributed by atoms with Crippen LogP contribution in [0.15, 0.2) is 23.6 Å². The van der Waals surface area contributed by atoms with Crippen molar-refractivity contribution >= 4 is 34.0 Å². The summed E-state index contributed by atoms with van der Waals surface area (Å²) in [6.45, 7) is 9.97. The van der Waals surface area contributed by atoms with Gasteiger partial charge in [-0.1, -0.05) is 6.07 Å². The highest BCUT2D eigenvalue weighted by molar-refractivity contribution is 7.14. The average molecular weight is 558 g/mol. The van der Waals surface area contributed by atoms with E-state index in [4.69, 9.17) is 14.2 Å². The first-order valence-corrected chi connectivity index (χ1v) is 14.6. The summed E-state index contributed by atoms with van der Waals surface area (Å²) in [6.07, 6.45) is 3.09. The molecule has 0 bridgehead atoms. The van der Waals surface area contributed by atoms with Crippen molar-refractivity contribution in [2.24, 2.45) is 0 Å². The normalized spacial score (nSPS) is 23.2. The van der Waals surface area contributed by atoms with Crippen molar-refractivity contribution in [1.82, 2.24) is 15.2 Å². The summed E-state index contributed by atoms with van der Waals surface area (Å²) in [5, 5.41) is 8.52. The van der Waals surface area contributed by atoms with E-state index >= 15 is 0 Å². The first kappa shape index (κ1) is 28.0. The maximum Gasteiger partial charge on any atom is 0.275 e. The van der Waals surface area contributed by atoms with Crippen LogP contribution in [0.5, 0.6) is 0 Å². The fourth-order valence-corrected chi connectivity index (χ4v) is 6.14. The molecular weight excluding hydrogens is 518 g/mol. The average Bonchev–Trinajstić information content (AvgIpc) is 3.71. The van der Waals surface area contributed by atoms with Crippen LogP contribution < -0.4 is 15.5 Å². The van der Waals surface area contributed by atoms with Gasteiger partial charge in [-0.2, -0.15) is 0 Å². The lowest BCUT2D eigenvalue weighted by atomic mass is 10.00. The molecule has 0 aliphatic carbocycles. The van der Waals surface area contributed by atoms with Crippen LogP contribution in [0.2, 0.25) is 0 Å². The predicted octanol–water partition coefficient (Wildman–Crippen LogP) is 3.14. The fourth-order valence-electron chi connectivity index (χ4n) is 5.29. The Hall–Kier alpha value is -2.57. The minimum absolute atomic E-state index is 0.0287. The second-order valence-corrected chi connectivity index (χ2v) is 11.9. The van der Waals surface area contributed by atoms with E-state index in [9.17, 15) is 9.59 Å². The molecule has 3 fully saturated rings. The highest BCUT2D eigenvalue weighted by Gasteiger charge is 2.31. The molecule has 39 heavy (non-hydrogen) atoms. The molecule has 3 saturated heterocycles. The number of hydrogen-bond acceptors (Lipinski definition) is 9. The lowest BCUT2D eigenvalue weighted by molar-refractivity contribution is -0.0552. The van der Waals surface area contributed by atoms with E-state index in [1.807, 2.05) is 18.2 Å². The number of anilines is 2. The van der Waals surface area contributed by atoms with Crippen molar-refractivity contribution in [1.29, 1.82) is 0 Å². The summed E-state index contributed by atoms with van der Waals surface area (Å²) in [5.41, 5.74) is 2.13. The van der Waals surface area contributed by atoms with E-state index < -0.39 is 0 Å². The molecule has 2 N–H and O–H groups in total. The van der Waals surface area contributed by atoms with Crippen molar-refractivity contribution < 1.29 is 23.8 Å². The van der Waals surface area contributed by atoms with Crippen LogP contribution in [-0.4, -0.2) is 92.6 Å². The number of amides is 2. The van der Waals surface area contributed by atoms with Crippen molar-refractivity contribution in [3.05, 3.63) is 40.4 Å². The third-order valence-corrected chi connectivity index (χ3v) is 8.66. The number of hydrogen-bond donors (Lipinski definition) is 2. The Morgan fingerprint density at radius 2 is 2.08 bits per heavy atom. The highest BCUT2D eigenvalue weighted by atomic mass is 32.1. The number of aromatic nitrogens is 1. The maximum atomic E-state index is 13.4. The van der Waals surface area contributed by atoms with Crippen LogP contribution in [0.4, 0.5) is 10.8 Å².